The molecule has 7 nitrogen and oxygen atoms in total. The number of aliphatic hydroxyl groups is 1. The lowest BCUT2D eigenvalue weighted by Gasteiger charge is -2.63. The van der Waals surface area contributed by atoms with Crippen LogP contribution in [-0.2, 0) is 28.6 Å². The van der Waals surface area contributed by atoms with E-state index >= 15 is 8.78 Å². The summed E-state index contributed by atoms with van der Waals surface area (Å²) in [7, 11) is 0. The van der Waals surface area contributed by atoms with E-state index in [0.29, 0.717) is 0 Å². The second-order valence-corrected chi connectivity index (χ2v) is 12.1. The molecule has 5 rings (SSSR count). The van der Waals surface area contributed by atoms with Crippen molar-refractivity contribution in [2.24, 2.45) is 22.7 Å². The molecule has 4 fully saturated rings. The number of ether oxygens (including phenoxy) is 3. The Kier molecular flexibility index (Phi) is 5.54. The summed E-state index contributed by atoms with van der Waals surface area (Å²) in [6, 6.07) is 0. The van der Waals surface area contributed by atoms with Gasteiger partial charge in [-0.2, -0.15) is 0 Å². The maximum atomic E-state index is 17.4. The number of esters is 1. The zero-order valence-electron chi connectivity index (χ0n) is 20.9. The van der Waals surface area contributed by atoms with E-state index in [-0.39, 0.29) is 29.9 Å². The van der Waals surface area contributed by atoms with Gasteiger partial charge in [0.2, 0.25) is 5.78 Å². The normalized spacial score (nSPS) is 48.7. The minimum Gasteiger partial charge on any atom is -0.458 e. The van der Waals surface area contributed by atoms with Crippen LogP contribution in [0.3, 0.4) is 0 Å². The third kappa shape index (κ3) is 2.97. The van der Waals surface area contributed by atoms with E-state index in [1.165, 1.54) is 19.9 Å². The number of ketones is 2. The topological polar surface area (TPSA) is 99.1 Å². The lowest BCUT2D eigenvalue weighted by atomic mass is 9.44. The first-order chi connectivity index (χ1) is 16.5. The Morgan fingerprint density at radius 1 is 1.22 bits per heavy atom. The molecule has 1 N–H and O–H groups in total. The van der Waals surface area contributed by atoms with Crippen molar-refractivity contribution in [2.45, 2.75) is 89.3 Å². The number of hydrogen-bond acceptors (Lipinski definition) is 7. The Morgan fingerprint density at radius 2 is 1.89 bits per heavy atom. The van der Waals surface area contributed by atoms with Crippen LogP contribution in [0, 0.1) is 22.7 Å². The van der Waals surface area contributed by atoms with Gasteiger partial charge < -0.3 is 19.3 Å². The van der Waals surface area contributed by atoms with Gasteiger partial charge in [0, 0.05) is 23.7 Å². The number of carbonyl (C=O) groups is 3. The van der Waals surface area contributed by atoms with Gasteiger partial charge in [0.05, 0.1) is 17.2 Å². The fourth-order valence-corrected chi connectivity index (χ4v) is 8.55. The minimum absolute atomic E-state index is 0.148. The molecule has 5 aliphatic rings. The summed E-state index contributed by atoms with van der Waals surface area (Å²) < 4.78 is 50.6. The van der Waals surface area contributed by atoms with E-state index in [4.69, 9.17) is 25.8 Å². The highest BCUT2D eigenvalue weighted by molar-refractivity contribution is 6.45. The summed E-state index contributed by atoms with van der Waals surface area (Å²) in [6.45, 7) is 7.14. The second kappa shape index (κ2) is 7.68. The van der Waals surface area contributed by atoms with Crippen LogP contribution in [0.5, 0.6) is 0 Å². The van der Waals surface area contributed by atoms with Crippen molar-refractivity contribution in [3.05, 3.63) is 22.8 Å². The van der Waals surface area contributed by atoms with Gasteiger partial charge in [-0.25, -0.2) is 8.78 Å². The van der Waals surface area contributed by atoms with Crippen LogP contribution in [0.4, 0.5) is 8.78 Å². The molecule has 0 spiro atoms. The first-order valence-corrected chi connectivity index (χ1v) is 12.6. The monoisotopic (exact) mass is 528 g/mol. The average molecular weight is 529 g/mol. The quantitative estimate of drug-likeness (QED) is 0.560. The number of carbonyl (C=O) groups excluding carboxylic acids is 3. The Labute approximate surface area is 213 Å². The summed E-state index contributed by atoms with van der Waals surface area (Å²) in [5.74, 6) is -4.58. The molecule has 1 aliphatic heterocycles. The molecule has 0 bridgehead atoms. The van der Waals surface area contributed by atoms with Crippen LogP contribution in [0.25, 0.3) is 0 Å². The fraction of sp³-hybridized carbons (Fsp3) is 0.731. The van der Waals surface area contributed by atoms with Crippen molar-refractivity contribution in [2.75, 3.05) is 6.61 Å². The lowest BCUT2D eigenvalue weighted by molar-refractivity contribution is -0.249. The van der Waals surface area contributed by atoms with Crippen molar-refractivity contribution >= 4 is 29.1 Å². The van der Waals surface area contributed by atoms with Gasteiger partial charge in [0.1, 0.15) is 6.17 Å². The Hall–Kier alpha value is -1.68. The minimum atomic E-state index is -2.36. The number of fused-ring (bicyclic) bond motifs is 7. The molecule has 1 heterocycles. The van der Waals surface area contributed by atoms with E-state index in [0.717, 1.165) is 6.08 Å². The maximum absolute atomic E-state index is 17.4. The third-order valence-corrected chi connectivity index (χ3v) is 9.91. The van der Waals surface area contributed by atoms with Gasteiger partial charge in [-0.3, -0.25) is 14.4 Å². The van der Waals surface area contributed by atoms with Crippen LogP contribution < -0.4 is 0 Å². The maximum Gasteiger partial charge on any atom is 0.303 e. The van der Waals surface area contributed by atoms with Gasteiger partial charge >= 0.3 is 5.97 Å². The van der Waals surface area contributed by atoms with Crippen molar-refractivity contribution in [3.63, 3.8) is 0 Å². The highest BCUT2D eigenvalue weighted by Gasteiger charge is 2.80. The molecule has 4 aliphatic carbocycles. The van der Waals surface area contributed by atoms with E-state index in [1.54, 1.807) is 20.8 Å². The van der Waals surface area contributed by atoms with Crippen LogP contribution in [0.2, 0.25) is 0 Å². The average Bonchev–Trinajstić information content (AvgIpc) is 3.18. The van der Waals surface area contributed by atoms with E-state index in [1.807, 2.05) is 0 Å². The predicted octanol–water partition coefficient (Wildman–Crippen LogP) is 3.50. The molecule has 36 heavy (non-hydrogen) atoms. The molecular weight excluding hydrogens is 498 g/mol. The summed E-state index contributed by atoms with van der Waals surface area (Å²) in [5.41, 5.74) is -6.95. The summed E-state index contributed by atoms with van der Waals surface area (Å²) >= 11 is 6.20. The molecule has 0 unspecified atom stereocenters. The Bertz CT molecular complexity index is 1120. The molecular formula is C26H31ClF2O7. The zero-order chi connectivity index (χ0) is 26.6. The van der Waals surface area contributed by atoms with Gasteiger partial charge in [-0.1, -0.05) is 24.6 Å². The molecule has 0 aromatic rings. The molecule has 10 heteroatoms. The smallest absolute Gasteiger partial charge is 0.303 e. The molecule has 9 atom stereocenters. The van der Waals surface area contributed by atoms with Crippen LogP contribution in [-0.4, -0.2) is 64.7 Å². The number of halogens is 3. The zero-order valence-corrected chi connectivity index (χ0v) is 21.7. The highest BCUT2D eigenvalue weighted by Crippen LogP contribution is 2.72. The van der Waals surface area contributed by atoms with Gasteiger partial charge in [0.25, 0.3) is 0 Å². The number of allylic oxidation sites excluding steroid dienone is 4. The molecule has 198 valence electrons. The highest BCUT2D eigenvalue weighted by atomic mass is 35.5. The fourth-order valence-electron chi connectivity index (χ4n) is 8.17. The van der Waals surface area contributed by atoms with Crippen LogP contribution in [0.15, 0.2) is 22.8 Å². The summed E-state index contributed by atoms with van der Waals surface area (Å²) in [6.07, 6.45) is -2.04. The Morgan fingerprint density at radius 3 is 2.53 bits per heavy atom. The number of hydrogen-bond donors (Lipinski definition) is 1. The van der Waals surface area contributed by atoms with Gasteiger partial charge in [-0.05, 0) is 57.6 Å². The SMILES string of the molecule is CC(=O)OCC(=O)[C@@]12OC(C)(C)O[C@@H]1C[C@H]1[C@@H]3C[C@H](F)C4=C(Cl)C(=O)C=C[C@]4(C)[C@@]3(F)[C@@H](O)C[C@@]12C. The standard InChI is InChI=1S/C26H31ClF2O7/c1-12(30)34-11-18(33)26-19(35-22(2,3)36-26)9-13-14-8-15(28)20-21(27)16(31)6-7-23(20,4)25(14,29)17(32)10-24(13,26)5/h6-7,13-15,17,19,32H,8-11H2,1-5H3/t13-,14-,15-,17-,19+,23-,24-,25-,26+/m0/s1. The number of aliphatic hydroxyl groups excluding tert-OH is 1. The first kappa shape index (κ1) is 25.9. The van der Waals surface area contributed by atoms with Crippen molar-refractivity contribution in [1.82, 2.24) is 0 Å². The molecule has 0 radical (unpaired) electrons. The molecule has 0 amide bonds. The summed E-state index contributed by atoms with van der Waals surface area (Å²) in [5, 5.41) is 11.2. The number of Topliss-reactive ketones (excluding diaryl/α,β-unsaturated/α-hetero) is 1. The van der Waals surface area contributed by atoms with Gasteiger partial charge in [0.15, 0.2) is 29.4 Å². The van der Waals surface area contributed by atoms with Crippen molar-refractivity contribution < 1.29 is 42.5 Å². The summed E-state index contributed by atoms with van der Waals surface area (Å²) in [4.78, 5) is 37.3. The van der Waals surface area contributed by atoms with E-state index in [2.05, 4.69) is 0 Å². The molecule has 3 saturated carbocycles. The van der Waals surface area contributed by atoms with Crippen molar-refractivity contribution in [1.29, 1.82) is 0 Å². The molecule has 1 saturated heterocycles. The second-order valence-electron chi connectivity index (χ2n) is 11.7. The molecule has 0 aromatic carbocycles. The Balaban J connectivity index is 1.63. The first-order valence-electron chi connectivity index (χ1n) is 12.2. The lowest BCUT2D eigenvalue weighted by Crippen LogP contribution is -2.71. The van der Waals surface area contributed by atoms with Crippen LogP contribution >= 0.6 is 11.6 Å². The molecule has 0 aromatic heterocycles. The largest absolute Gasteiger partial charge is 0.458 e. The van der Waals surface area contributed by atoms with Gasteiger partial charge in [-0.15, -0.1) is 0 Å². The predicted molar refractivity (Wildman–Crippen MR) is 123 cm³/mol. The van der Waals surface area contributed by atoms with Crippen molar-refractivity contribution in [3.8, 4) is 0 Å². The number of rotatable bonds is 3. The van der Waals surface area contributed by atoms with Crippen LogP contribution in [0.1, 0.15) is 53.9 Å². The van der Waals surface area contributed by atoms with E-state index < -0.39 is 82.2 Å². The number of alkyl halides is 2. The third-order valence-electron chi connectivity index (χ3n) is 9.52. The van der Waals surface area contributed by atoms with E-state index in [9.17, 15) is 19.5 Å².